The summed E-state index contributed by atoms with van der Waals surface area (Å²) in [6.45, 7) is 1.67. The average Bonchev–Trinajstić information content (AvgIpc) is 2.33. The molecule has 0 aromatic heterocycles. The topological polar surface area (TPSA) is 55.8 Å². The monoisotopic (exact) mass is 255 g/mol. The van der Waals surface area contributed by atoms with Gasteiger partial charge in [0, 0.05) is 19.5 Å². The number of esters is 1. The van der Waals surface area contributed by atoms with E-state index in [4.69, 9.17) is 4.74 Å². The van der Waals surface area contributed by atoms with Crippen molar-refractivity contribution in [2.45, 2.75) is 38.2 Å². The number of ether oxygens (including phenoxy) is 2. The molecule has 1 saturated carbocycles. The molecule has 1 atom stereocenters. The van der Waals surface area contributed by atoms with Crippen LogP contribution in [0.4, 0.5) is 0 Å². The Bertz CT molecular complexity index is 314. The van der Waals surface area contributed by atoms with Crippen molar-refractivity contribution in [3.63, 3.8) is 0 Å². The summed E-state index contributed by atoms with van der Waals surface area (Å²) in [4.78, 5) is 25.1. The zero-order valence-electron chi connectivity index (χ0n) is 10.9. The minimum absolute atomic E-state index is 0.206. The second-order valence-electron chi connectivity index (χ2n) is 5.11. The number of methoxy groups -OCH3 is 1. The molecule has 18 heavy (non-hydrogen) atoms. The SMILES string of the molecule is COC(=O)CC1CN(C(=O)CC2CCC2)CCO1. The fraction of sp³-hybridized carbons (Fsp3) is 0.846. The van der Waals surface area contributed by atoms with Gasteiger partial charge < -0.3 is 14.4 Å². The summed E-state index contributed by atoms with van der Waals surface area (Å²) in [6, 6.07) is 0. The molecular weight excluding hydrogens is 234 g/mol. The fourth-order valence-electron chi connectivity index (χ4n) is 2.41. The molecule has 0 radical (unpaired) electrons. The number of amides is 1. The highest BCUT2D eigenvalue weighted by Gasteiger charge is 2.29. The van der Waals surface area contributed by atoms with Gasteiger partial charge in [-0.2, -0.15) is 0 Å². The second-order valence-corrected chi connectivity index (χ2v) is 5.11. The van der Waals surface area contributed by atoms with Crippen LogP contribution in [0.2, 0.25) is 0 Å². The molecule has 0 bridgehead atoms. The van der Waals surface area contributed by atoms with Gasteiger partial charge in [0.15, 0.2) is 0 Å². The van der Waals surface area contributed by atoms with Crippen LogP contribution >= 0.6 is 0 Å². The van der Waals surface area contributed by atoms with Gasteiger partial charge in [0.25, 0.3) is 0 Å². The number of hydrogen-bond donors (Lipinski definition) is 0. The fourth-order valence-corrected chi connectivity index (χ4v) is 2.41. The third-order valence-corrected chi connectivity index (χ3v) is 3.80. The molecule has 5 nitrogen and oxygen atoms in total. The van der Waals surface area contributed by atoms with E-state index in [9.17, 15) is 9.59 Å². The van der Waals surface area contributed by atoms with Gasteiger partial charge in [0.1, 0.15) is 0 Å². The first-order valence-electron chi connectivity index (χ1n) is 6.65. The van der Waals surface area contributed by atoms with Crippen molar-refractivity contribution in [3.05, 3.63) is 0 Å². The van der Waals surface area contributed by atoms with Crippen LogP contribution in [0.5, 0.6) is 0 Å². The predicted molar refractivity (Wildman–Crippen MR) is 64.9 cm³/mol. The Labute approximate surface area is 107 Å². The third kappa shape index (κ3) is 3.45. The van der Waals surface area contributed by atoms with Crippen molar-refractivity contribution in [1.29, 1.82) is 0 Å². The van der Waals surface area contributed by atoms with Crippen molar-refractivity contribution in [3.8, 4) is 0 Å². The van der Waals surface area contributed by atoms with Crippen molar-refractivity contribution in [2.75, 3.05) is 26.8 Å². The summed E-state index contributed by atoms with van der Waals surface area (Å²) in [5.74, 6) is 0.505. The highest BCUT2D eigenvalue weighted by Crippen LogP contribution is 2.30. The van der Waals surface area contributed by atoms with Gasteiger partial charge in [0.05, 0.1) is 26.2 Å². The molecule has 0 aromatic carbocycles. The molecule has 1 aliphatic carbocycles. The van der Waals surface area contributed by atoms with E-state index in [2.05, 4.69) is 4.74 Å². The number of carbonyl (C=O) groups is 2. The molecule has 2 fully saturated rings. The van der Waals surface area contributed by atoms with Crippen molar-refractivity contribution in [1.82, 2.24) is 4.90 Å². The van der Waals surface area contributed by atoms with Gasteiger partial charge in [-0.15, -0.1) is 0 Å². The Kier molecular flexibility index (Phi) is 4.58. The van der Waals surface area contributed by atoms with Crippen LogP contribution < -0.4 is 0 Å². The molecule has 0 aromatic rings. The van der Waals surface area contributed by atoms with Crippen LogP contribution in [0, 0.1) is 5.92 Å². The summed E-state index contributed by atoms with van der Waals surface area (Å²) >= 11 is 0. The van der Waals surface area contributed by atoms with Crippen molar-refractivity contribution >= 4 is 11.9 Å². The highest BCUT2D eigenvalue weighted by atomic mass is 16.5. The summed E-state index contributed by atoms with van der Waals surface area (Å²) < 4.78 is 10.1. The number of rotatable bonds is 4. The largest absolute Gasteiger partial charge is 0.469 e. The Morgan fingerprint density at radius 2 is 2.11 bits per heavy atom. The van der Waals surface area contributed by atoms with Crippen LogP contribution in [-0.4, -0.2) is 49.7 Å². The Morgan fingerprint density at radius 3 is 2.72 bits per heavy atom. The first-order chi connectivity index (χ1) is 8.69. The first kappa shape index (κ1) is 13.3. The van der Waals surface area contributed by atoms with Crippen LogP contribution in [0.15, 0.2) is 0 Å². The molecule has 102 valence electrons. The van der Waals surface area contributed by atoms with Gasteiger partial charge in [-0.1, -0.05) is 6.42 Å². The average molecular weight is 255 g/mol. The van der Waals surface area contributed by atoms with E-state index in [1.807, 2.05) is 4.90 Å². The van der Waals surface area contributed by atoms with Crippen molar-refractivity contribution in [2.24, 2.45) is 5.92 Å². The molecular formula is C13H21NO4. The normalized spacial score (nSPS) is 24.5. The van der Waals surface area contributed by atoms with Crippen LogP contribution in [0.1, 0.15) is 32.1 Å². The minimum atomic E-state index is -0.284. The van der Waals surface area contributed by atoms with Gasteiger partial charge >= 0.3 is 5.97 Å². The number of morpholine rings is 1. The Morgan fingerprint density at radius 1 is 1.33 bits per heavy atom. The molecule has 2 aliphatic rings. The van der Waals surface area contributed by atoms with Gasteiger partial charge in [0.2, 0.25) is 5.91 Å². The van der Waals surface area contributed by atoms with Crippen LogP contribution in [0.25, 0.3) is 0 Å². The first-order valence-corrected chi connectivity index (χ1v) is 6.65. The zero-order chi connectivity index (χ0) is 13.0. The summed E-state index contributed by atoms with van der Waals surface area (Å²) in [7, 11) is 1.37. The minimum Gasteiger partial charge on any atom is -0.469 e. The molecule has 0 N–H and O–H groups in total. The maximum absolute atomic E-state index is 12.1. The number of hydrogen-bond acceptors (Lipinski definition) is 4. The standard InChI is InChI=1S/C13H21NO4/c1-17-13(16)8-11-9-14(5-6-18-11)12(15)7-10-3-2-4-10/h10-11H,2-9H2,1H3. The summed E-state index contributed by atoms with van der Waals surface area (Å²) in [6.07, 6.45) is 4.29. The Hall–Kier alpha value is -1.10. The van der Waals surface area contributed by atoms with E-state index in [-0.39, 0.29) is 24.4 Å². The predicted octanol–water partition coefficient (Wildman–Crippen LogP) is 0.967. The molecule has 5 heteroatoms. The molecule has 1 amide bonds. The van der Waals surface area contributed by atoms with Crippen LogP contribution in [0.3, 0.4) is 0 Å². The van der Waals surface area contributed by atoms with E-state index in [1.165, 1.54) is 26.4 Å². The second kappa shape index (κ2) is 6.18. The van der Waals surface area contributed by atoms with E-state index in [1.54, 1.807) is 0 Å². The maximum atomic E-state index is 12.1. The van der Waals surface area contributed by atoms with Crippen molar-refractivity contribution < 1.29 is 19.1 Å². The lowest BCUT2D eigenvalue weighted by molar-refractivity contribution is -0.150. The molecule has 1 saturated heterocycles. The van der Waals surface area contributed by atoms with Gasteiger partial charge in [-0.05, 0) is 18.8 Å². The maximum Gasteiger partial charge on any atom is 0.308 e. The number of nitrogens with zero attached hydrogens (tertiary/aromatic N) is 1. The van der Waals surface area contributed by atoms with Crippen LogP contribution in [-0.2, 0) is 19.1 Å². The highest BCUT2D eigenvalue weighted by molar-refractivity contribution is 5.77. The van der Waals surface area contributed by atoms with E-state index in [0.29, 0.717) is 32.0 Å². The Balaban J connectivity index is 1.77. The van der Waals surface area contributed by atoms with Gasteiger partial charge in [-0.25, -0.2) is 0 Å². The van der Waals surface area contributed by atoms with E-state index < -0.39 is 0 Å². The molecule has 1 unspecified atom stereocenters. The smallest absolute Gasteiger partial charge is 0.308 e. The quantitative estimate of drug-likeness (QED) is 0.702. The molecule has 2 rings (SSSR count). The zero-order valence-corrected chi connectivity index (χ0v) is 10.9. The molecule has 1 heterocycles. The van der Waals surface area contributed by atoms with E-state index >= 15 is 0 Å². The molecule has 1 aliphatic heterocycles. The lowest BCUT2D eigenvalue weighted by Crippen LogP contribution is -2.47. The van der Waals surface area contributed by atoms with E-state index in [0.717, 1.165) is 0 Å². The third-order valence-electron chi connectivity index (χ3n) is 3.80. The summed E-state index contributed by atoms with van der Waals surface area (Å²) in [5.41, 5.74) is 0. The number of carbonyl (C=O) groups excluding carboxylic acids is 2. The van der Waals surface area contributed by atoms with Gasteiger partial charge in [-0.3, -0.25) is 9.59 Å². The molecule has 0 spiro atoms. The summed E-state index contributed by atoms with van der Waals surface area (Å²) in [5, 5.41) is 0. The lowest BCUT2D eigenvalue weighted by atomic mass is 9.82. The lowest BCUT2D eigenvalue weighted by Gasteiger charge is -2.34.